The summed E-state index contributed by atoms with van der Waals surface area (Å²) in [5.74, 6) is 0.868. The van der Waals surface area contributed by atoms with Crippen LogP contribution in [0.1, 0.15) is 31.5 Å². The fraction of sp³-hybridized carbons (Fsp3) is 0.750. The summed E-state index contributed by atoms with van der Waals surface area (Å²) in [6.07, 6.45) is 4.13. The van der Waals surface area contributed by atoms with E-state index in [1.165, 1.54) is 0 Å². The molecule has 1 aromatic rings. The number of nitro groups is 1. The maximum absolute atomic E-state index is 11.0. The summed E-state index contributed by atoms with van der Waals surface area (Å²) >= 11 is 0. The molecule has 0 unspecified atom stereocenters. The van der Waals surface area contributed by atoms with Gasteiger partial charge in [-0.3, -0.25) is 4.57 Å². The van der Waals surface area contributed by atoms with Gasteiger partial charge in [-0.15, -0.1) is 0 Å². The molecule has 1 saturated carbocycles. The van der Waals surface area contributed by atoms with Crippen molar-refractivity contribution in [2.24, 2.45) is 12.5 Å². The third-order valence-corrected chi connectivity index (χ3v) is 4.10. The van der Waals surface area contributed by atoms with Gasteiger partial charge in [0.1, 0.15) is 0 Å². The molecule has 0 amide bonds. The average Bonchev–Trinajstić information content (AvgIpc) is 2.95. The Bertz CT molecular complexity index is 478. The summed E-state index contributed by atoms with van der Waals surface area (Å²) in [6, 6.07) is 0. The monoisotopic (exact) mass is 268 g/mol. The van der Waals surface area contributed by atoms with E-state index >= 15 is 0 Å². The van der Waals surface area contributed by atoms with E-state index in [-0.39, 0.29) is 17.8 Å². The van der Waals surface area contributed by atoms with E-state index in [1.54, 1.807) is 18.5 Å². The number of imidazole rings is 1. The van der Waals surface area contributed by atoms with Crippen LogP contribution in [0.25, 0.3) is 0 Å². The van der Waals surface area contributed by atoms with Crippen molar-refractivity contribution in [1.29, 1.82) is 0 Å². The van der Waals surface area contributed by atoms with Crippen molar-refractivity contribution in [3.63, 3.8) is 0 Å². The van der Waals surface area contributed by atoms with E-state index < -0.39 is 4.92 Å². The van der Waals surface area contributed by atoms with Crippen LogP contribution in [0.4, 0.5) is 11.6 Å². The molecule has 0 aromatic carbocycles. The molecular formula is C12H20N4O3. The zero-order chi connectivity index (χ0) is 14.0. The van der Waals surface area contributed by atoms with Crippen LogP contribution >= 0.6 is 0 Å². The van der Waals surface area contributed by atoms with Gasteiger partial charge in [0.05, 0.1) is 6.61 Å². The maximum atomic E-state index is 11.0. The van der Waals surface area contributed by atoms with Crippen LogP contribution in [0.2, 0.25) is 0 Å². The Morgan fingerprint density at radius 2 is 2.16 bits per heavy atom. The number of aliphatic hydroxyl groups excluding tert-OH is 1. The van der Waals surface area contributed by atoms with Crippen LogP contribution in [0.5, 0.6) is 0 Å². The molecule has 0 aliphatic heterocycles. The molecule has 7 nitrogen and oxygen atoms in total. The van der Waals surface area contributed by atoms with E-state index in [2.05, 4.69) is 10.3 Å². The van der Waals surface area contributed by atoms with Gasteiger partial charge in [-0.25, -0.2) is 0 Å². The van der Waals surface area contributed by atoms with Gasteiger partial charge in [0, 0.05) is 25.9 Å². The Morgan fingerprint density at radius 1 is 1.53 bits per heavy atom. The number of aryl methyl sites for hydroxylation is 1. The smallest absolute Gasteiger partial charge is 0.396 e. The Morgan fingerprint density at radius 3 is 2.68 bits per heavy atom. The standard InChI is InChI=1S/C12H20N4O3/c1-9-14-11(16(18)19)10(15(9)2)13-7-12(8-17)5-3-4-6-12/h13,17H,3-8H2,1-2H3. The highest BCUT2D eigenvalue weighted by Gasteiger charge is 2.34. The lowest BCUT2D eigenvalue weighted by Gasteiger charge is -2.26. The zero-order valence-corrected chi connectivity index (χ0v) is 11.3. The highest BCUT2D eigenvalue weighted by atomic mass is 16.6. The average molecular weight is 268 g/mol. The van der Waals surface area contributed by atoms with E-state index in [4.69, 9.17) is 0 Å². The van der Waals surface area contributed by atoms with Crippen LogP contribution in [-0.2, 0) is 7.05 Å². The van der Waals surface area contributed by atoms with Crippen LogP contribution in [0, 0.1) is 22.5 Å². The lowest BCUT2D eigenvalue weighted by Crippen LogP contribution is -2.31. The number of aliphatic hydroxyl groups is 1. The second-order valence-corrected chi connectivity index (χ2v) is 5.37. The fourth-order valence-electron chi connectivity index (χ4n) is 2.70. The normalized spacial score (nSPS) is 17.6. The van der Waals surface area contributed by atoms with Crippen molar-refractivity contribution in [3.8, 4) is 0 Å². The Hall–Kier alpha value is -1.63. The molecular weight excluding hydrogens is 248 g/mol. The number of aromatic nitrogens is 2. The Labute approximate surface area is 111 Å². The molecule has 1 heterocycles. The molecule has 19 heavy (non-hydrogen) atoms. The van der Waals surface area contributed by atoms with Gasteiger partial charge in [0.2, 0.25) is 11.6 Å². The molecule has 2 N–H and O–H groups in total. The molecule has 1 fully saturated rings. The van der Waals surface area contributed by atoms with Crippen molar-refractivity contribution >= 4 is 11.6 Å². The lowest BCUT2D eigenvalue weighted by atomic mass is 9.87. The SMILES string of the molecule is Cc1nc([N+](=O)[O-])c(NCC2(CO)CCCC2)n1C. The predicted molar refractivity (Wildman–Crippen MR) is 71.1 cm³/mol. The van der Waals surface area contributed by atoms with Crippen molar-refractivity contribution in [3.05, 3.63) is 15.9 Å². The van der Waals surface area contributed by atoms with Gasteiger partial charge >= 0.3 is 5.82 Å². The minimum atomic E-state index is -0.477. The van der Waals surface area contributed by atoms with Crippen molar-refractivity contribution < 1.29 is 10.0 Å². The first-order valence-electron chi connectivity index (χ1n) is 6.51. The van der Waals surface area contributed by atoms with Crippen LogP contribution in [0.3, 0.4) is 0 Å². The van der Waals surface area contributed by atoms with Gasteiger partial charge in [0.25, 0.3) is 0 Å². The first-order chi connectivity index (χ1) is 8.99. The zero-order valence-electron chi connectivity index (χ0n) is 11.3. The molecule has 0 atom stereocenters. The second kappa shape index (κ2) is 5.16. The van der Waals surface area contributed by atoms with Gasteiger partial charge in [-0.2, -0.15) is 0 Å². The molecule has 106 valence electrons. The molecule has 0 radical (unpaired) electrons. The minimum Gasteiger partial charge on any atom is -0.396 e. The molecule has 1 aromatic heterocycles. The molecule has 0 saturated heterocycles. The highest BCUT2D eigenvalue weighted by Crippen LogP contribution is 2.38. The number of rotatable bonds is 5. The predicted octanol–water partition coefficient (Wildman–Crippen LogP) is 1.60. The van der Waals surface area contributed by atoms with E-state index in [0.29, 0.717) is 18.2 Å². The summed E-state index contributed by atoms with van der Waals surface area (Å²) in [5, 5.41) is 23.6. The summed E-state index contributed by atoms with van der Waals surface area (Å²) in [7, 11) is 1.75. The maximum Gasteiger partial charge on any atom is 0.406 e. The quantitative estimate of drug-likeness (QED) is 0.625. The third-order valence-electron chi connectivity index (χ3n) is 4.10. The van der Waals surface area contributed by atoms with Gasteiger partial charge in [-0.1, -0.05) is 12.8 Å². The molecule has 1 aliphatic carbocycles. The Balaban J connectivity index is 2.17. The number of nitrogens with one attached hydrogen (secondary N) is 1. The summed E-state index contributed by atoms with van der Waals surface area (Å²) in [6.45, 7) is 2.39. The van der Waals surface area contributed by atoms with Crippen LogP contribution in [0.15, 0.2) is 0 Å². The first kappa shape index (κ1) is 13.8. The molecule has 1 aliphatic rings. The number of hydrogen-bond acceptors (Lipinski definition) is 5. The fourth-order valence-corrected chi connectivity index (χ4v) is 2.70. The number of anilines is 1. The van der Waals surface area contributed by atoms with Gasteiger partial charge < -0.3 is 20.5 Å². The van der Waals surface area contributed by atoms with Crippen LogP contribution < -0.4 is 5.32 Å². The number of hydrogen-bond donors (Lipinski definition) is 2. The molecule has 7 heteroatoms. The van der Waals surface area contributed by atoms with Gasteiger partial charge in [-0.05, 0) is 22.7 Å². The van der Waals surface area contributed by atoms with E-state index in [0.717, 1.165) is 25.7 Å². The largest absolute Gasteiger partial charge is 0.406 e. The third kappa shape index (κ3) is 2.56. The topological polar surface area (TPSA) is 93.2 Å². The van der Waals surface area contributed by atoms with Crippen molar-refractivity contribution in [1.82, 2.24) is 9.55 Å². The summed E-state index contributed by atoms with van der Waals surface area (Å²) < 4.78 is 1.68. The molecule has 0 spiro atoms. The van der Waals surface area contributed by atoms with Gasteiger partial charge in [0.15, 0.2) is 0 Å². The number of nitrogens with zero attached hydrogens (tertiary/aromatic N) is 3. The first-order valence-corrected chi connectivity index (χ1v) is 6.51. The van der Waals surface area contributed by atoms with E-state index in [9.17, 15) is 15.2 Å². The van der Waals surface area contributed by atoms with E-state index in [1.807, 2.05) is 0 Å². The molecule has 2 rings (SSSR count). The lowest BCUT2D eigenvalue weighted by molar-refractivity contribution is -0.388. The van der Waals surface area contributed by atoms with Crippen molar-refractivity contribution in [2.45, 2.75) is 32.6 Å². The second-order valence-electron chi connectivity index (χ2n) is 5.37. The highest BCUT2D eigenvalue weighted by molar-refractivity contribution is 5.53. The van der Waals surface area contributed by atoms with Crippen molar-refractivity contribution in [2.75, 3.05) is 18.5 Å². The summed E-state index contributed by atoms with van der Waals surface area (Å²) in [5.41, 5.74) is -0.147. The van der Waals surface area contributed by atoms with Crippen LogP contribution in [-0.4, -0.2) is 32.7 Å². The molecule has 0 bridgehead atoms. The minimum absolute atomic E-state index is 0.116. The Kier molecular flexibility index (Phi) is 3.75. The summed E-state index contributed by atoms with van der Waals surface area (Å²) in [4.78, 5) is 14.4.